The standard InChI is InChI=1S/C10H13NO3/c1-8(12)7-10(11(13)14)9-5-3-2-4-6-9/h2-6,8,10,12H,7H2,1H3. The Morgan fingerprint density at radius 1 is 1.43 bits per heavy atom. The van der Waals surface area contributed by atoms with Crippen LogP contribution in [-0.4, -0.2) is 16.1 Å². The van der Waals surface area contributed by atoms with Crippen LogP contribution in [0.3, 0.4) is 0 Å². The Hall–Kier alpha value is -1.42. The smallest absolute Gasteiger partial charge is 0.240 e. The first-order valence-corrected chi connectivity index (χ1v) is 4.47. The third-order valence-corrected chi connectivity index (χ3v) is 2.00. The van der Waals surface area contributed by atoms with E-state index in [9.17, 15) is 10.1 Å². The lowest BCUT2D eigenvalue weighted by Gasteiger charge is -2.10. The summed E-state index contributed by atoms with van der Waals surface area (Å²) in [6.07, 6.45) is -0.512. The number of nitro groups is 1. The summed E-state index contributed by atoms with van der Waals surface area (Å²) < 4.78 is 0. The number of rotatable bonds is 4. The Bertz CT molecular complexity index is 297. The Morgan fingerprint density at radius 2 is 2.00 bits per heavy atom. The predicted molar refractivity (Wildman–Crippen MR) is 52.5 cm³/mol. The summed E-state index contributed by atoms with van der Waals surface area (Å²) >= 11 is 0. The molecule has 1 aromatic rings. The molecule has 0 aliphatic carbocycles. The summed E-state index contributed by atoms with van der Waals surface area (Å²) in [7, 11) is 0. The molecule has 0 saturated carbocycles. The minimum absolute atomic E-state index is 0.150. The Balaban J connectivity index is 2.84. The molecular formula is C10H13NO3. The van der Waals surface area contributed by atoms with Crippen molar-refractivity contribution in [2.75, 3.05) is 0 Å². The lowest BCUT2D eigenvalue weighted by Crippen LogP contribution is -2.16. The number of aliphatic hydroxyl groups is 1. The highest BCUT2D eigenvalue weighted by Crippen LogP contribution is 2.21. The van der Waals surface area contributed by atoms with Crippen LogP contribution in [0.5, 0.6) is 0 Å². The van der Waals surface area contributed by atoms with E-state index in [1.54, 1.807) is 31.2 Å². The monoisotopic (exact) mass is 195 g/mol. The van der Waals surface area contributed by atoms with Crippen molar-refractivity contribution < 1.29 is 10.0 Å². The molecular weight excluding hydrogens is 182 g/mol. The van der Waals surface area contributed by atoms with Crippen molar-refractivity contribution in [1.29, 1.82) is 0 Å². The Labute approximate surface area is 82.3 Å². The van der Waals surface area contributed by atoms with Crippen LogP contribution in [0.1, 0.15) is 24.9 Å². The van der Waals surface area contributed by atoms with Gasteiger partial charge in [0.2, 0.25) is 6.04 Å². The van der Waals surface area contributed by atoms with Gasteiger partial charge in [-0.25, -0.2) is 0 Å². The molecule has 0 amide bonds. The number of hydrogen-bond donors (Lipinski definition) is 1. The van der Waals surface area contributed by atoms with E-state index in [1.807, 2.05) is 6.07 Å². The molecule has 1 N–H and O–H groups in total. The second kappa shape index (κ2) is 4.72. The first-order chi connectivity index (χ1) is 6.61. The van der Waals surface area contributed by atoms with Crippen molar-refractivity contribution in [2.24, 2.45) is 0 Å². The van der Waals surface area contributed by atoms with Crippen LogP contribution in [0.15, 0.2) is 30.3 Å². The maximum Gasteiger partial charge on any atom is 0.240 e. The van der Waals surface area contributed by atoms with E-state index in [0.29, 0.717) is 5.56 Å². The van der Waals surface area contributed by atoms with Gasteiger partial charge in [-0.05, 0) is 6.92 Å². The van der Waals surface area contributed by atoms with Crippen molar-refractivity contribution >= 4 is 0 Å². The highest BCUT2D eigenvalue weighted by atomic mass is 16.6. The third-order valence-electron chi connectivity index (χ3n) is 2.00. The number of hydrogen-bond acceptors (Lipinski definition) is 3. The minimum Gasteiger partial charge on any atom is -0.393 e. The van der Waals surface area contributed by atoms with Gasteiger partial charge in [0.15, 0.2) is 0 Å². The molecule has 0 bridgehead atoms. The molecule has 1 aromatic carbocycles. The van der Waals surface area contributed by atoms with Gasteiger partial charge in [-0.2, -0.15) is 0 Å². The Morgan fingerprint density at radius 3 is 2.43 bits per heavy atom. The Kier molecular flexibility index (Phi) is 3.59. The fourth-order valence-electron chi connectivity index (χ4n) is 1.34. The van der Waals surface area contributed by atoms with Crippen molar-refractivity contribution in [1.82, 2.24) is 0 Å². The van der Waals surface area contributed by atoms with E-state index < -0.39 is 12.1 Å². The zero-order chi connectivity index (χ0) is 10.6. The van der Waals surface area contributed by atoms with Gasteiger partial charge in [-0.15, -0.1) is 0 Å². The van der Waals surface area contributed by atoms with Gasteiger partial charge in [0.05, 0.1) is 6.10 Å². The molecule has 4 nitrogen and oxygen atoms in total. The van der Waals surface area contributed by atoms with Crippen LogP contribution in [0.2, 0.25) is 0 Å². The second-order valence-electron chi connectivity index (χ2n) is 3.30. The SMILES string of the molecule is CC(O)CC(c1ccccc1)[N+](=O)[O-]. The van der Waals surface area contributed by atoms with Crippen LogP contribution in [-0.2, 0) is 0 Å². The molecule has 76 valence electrons. The second-order valence-corrected chi connectivity index (χ2v) is 3.30. The van der Waals surface area contributed by atoms with Crippen LogP contribution in [0, 0.1) is 10.1 Å². The fraction of sp³-hybridized carbons (Fsp3) is 0.400. The van der Waals surface area contributed by atoms with E-state index in [2.05, 4.69) is 0 Å². The average Bonchev–Trinajstić information content (AvgIpc) is 2.15. The minimum atomic E-state index is -0.809. The number of aliphatic hydroxyl groups excluding tert-OH is 1. The topological polar surface area (TPSA) is 63.4 Å². The van der Waals surface area contributed by atoms with Crippen LogP contribution < -0.4 is 0 Å². The lowest BCUT2D eigenvalue weighted by molar-refractivity contribution is -0.531. The third kappa shape index (κ3) is 2.81. The van der Waals surface area contributed by atoms with Gasteiger partial charge in [0.1, 0.15) is 0 Å². The van der Waals surface area contributed by atoms with Crippen molar-refractivity contribution in [2.45, 2.75) is 25.5 Å². The van der Waals surface area contributed by atoms with Crippen LogP contribution >= 0.6 is 0 Å². The van der Waals surface area contributed by atoms with Crippen molar-refractivity contribution in [3.05, 3.63) is 46.0 Å². The summed E-state index contributed by atoms with van der Waals surface area (Å²) in [5.74, 6) is 0. The first-order valence-electron chi connectivity index (χ1n) is 4.47. The summed E-state index contributed by atoms with van der Waals surface area (Å²) in [5.41, 5.74) is 0.637. The van der Waals surface area contributed by atoms with Gasteiger partial charge in [0, 0.05) is 16.9 Å². The van der Waals surface area contributed by atoms with E-state index in [0.717, 1.165) is 0 Å². The molecule has 1 rings (SSSR count). The number of benzene rings is 1. The van der Waals surface area contributed by atoms with Gasteiger partial charge < -0.3 is 5.11 Å². The number of nitrogens with zero attached hydrogens (tertiary/aromatic N) is 1. The van der Waals surface area contributed by atoms with E-state index >= 15 is 0 Å². The molecule has 2 atom stereocenters. The first kappa shape index (κ1) is 10.7. The van der Waals surface area contributed by atoms with Gasteiger partial charge in [-0.1, -0.05) is 30.3 Å². The lowest BCUT2D eigenvalue weighted by atomic mass is 10.0. The quantitative estimate of drug-likeness (QED) is 0.588. The summed E-state index contributed by atoms with van der Waals surface area (Å²) in [6, 6.07) is 7.92. The predicted octanol–water partition coefficient (Wildman–Crippen LogP) is 1.78. The molecule has 0 saturated heterocycles. The molecule has 2 unspecified atom stereocenters. The normalized spacial score (nSPS) is 14.7. The maximum atomic E-state index is 10.7. The molecule has 4 heteroatoms. The summed E-state index contributed by atoms with van der Waals surface area (Å²) in [4.78, 5) is 10.4. The molecule has 0 radical (unpaired) electrons. The average molecular weight is 195 g/mol. The van der Waals surface area contributed by atoms with Gasteiger partial charge >= 0.3 is 0 Å². The molecule has 0 aliphatic heterocycles. The maximum absolute atomic E-state index is 10.7. The molecule has 0 aromatic heterocycles. The van der Waals surface area contributed by atoms with Gasteiger partial charge in [-0.3, -0.25) is 10.1 Å². The van der Waals surface area contributed by atoms with Crippen molar-refractivity contribution in [3.8, 4) is 0 Å². The molecule has 0 heterocycles. The zero-order valence-corrected chi connectivity index (χ0v) is 7.96. The van der Waals surface area contributed by atoms with E-state index in [4.69, 9.17) is 5.11 Å². The molecule has 0 aliphatic rings. The van der Waals surface area contributed by atoms with E-state index in [-0.39, 0.29) is 11.3 Å². The van der Waals surface area contributed by atoms with Crippen LogP contribution in [0.25, 0.3) is 0 Å². The van der Waals surface area contributed by atoms with Crippen LogP contribution in [0.4, 0.5) is 0 Å². The fourth-order valence-corrected chi connectivity index (χ4v) is 1.34. The highest BCUT2D eigenvalue weighted by molar-refractivity contribution is 5.17. The van der Waals surface area contributed by atoms with Gasteiger partial charge in [0.25, 0.3) is 0 Å². The summed E-state index contributed by atoms with van der Waals surface area (Å²) in [6.45, 7) is 1.56. The zero-order valence-electron chi connectivity index (χ0n) is 7.96. The largest absolute Gasteiger partial charge is 0.393 e. The van der Waals surface area contributed by atoms with E-state index in [1.165, 1.54) is 0 Å². The molecule has 0 fully saturated rings. The highest BCUT2D eigenvalue weighted by Gasteiger charge is 2.23. The molecule has 14 heavy (non-hydrogen) atoms. The molecule has 0 spiro atoms. The van der Waals surface area contributed by atoms with Crippen molar-refractivity contribution in [3.63, 3.8) is 0 Å². The summed E-state index contributed by atoms with van der Waals surface area (Å²) in [5, 5.41) is 19.9.